The number of carbonyl (C=O) groups excluding carboxylic acids is 1. The Morgan fingerprint density at radius 2 is 2.24 bits per heavy atom. The SMILES string of the molecule is CCC(C)C[C@H]1OC[C@@H](C(=O)O)N1C(=O)OC. The van der Waals surface area contributed by atoms with Crippen molar-refractivity contribution in [3.05, 3.63) is 0 Å². The van der Waals surface area contributed by atoms with Crippen molar-refractivity contribution < 1.29 is 24.2 Å². The Labute approximate surface area is 100 Å². The fraction of sp³-hybridized carbons (Fsp3) is 0.818. The molecule has 0 aromatic heterocycles. The number of nitrogens with zero attached hydrogens (tertiary/aromatic N) is 1. The van der Waals surface area contributed by atoms with Gasteiger partial charge in [0, 0.05) is 0 Å². The first-order valence-electron chi connectivity index (χ1n) is 5.71. The molecular weight excluding hydrogens is 226 g/mol. The van der Waals surface area contributed by atoms with Crippen LogP contribution in [0.5, 0.6) is 0 Å². The maximum Gasteiger partial charge on any atom is 0.412 e. The summed E-state index contributed by atoms with van der Waals surface area (Å²) < 4.78 is 9.98. The second-order valence-electron chi connectivity index (χ2n) is 4.27. The van der Waals surface area contributed by atoms with Crippen LogP contribution in [-0.4, -0.2) is 48.1 Å². The molecule has 1 saturated heterocycles. The van der Waals surface area contributed by atoms with Crippen molar-refractivity contribution in [2.45, 2.75) is 39.0 Å². The third kappa shape index (κ3) is 3.09. The molecule has 1 N–H and O–H groups in total. The smallest absolute Gasteiger partial charge is 0.412 e. The predicted molar refractivity (Wildman–Crippen MR) is 59.5 cm³/mol. The Morgan fingerprint density at radius 3 is 2.71 bits per heavy atom. The lowest BCUT2D eigenvalue weighted by Gasteiger charge is -2.26. The highest BCUT2D eigenvalue weighted by atomic mass is 16.6. The van der Waals surface area contributed by atoms with Gasteiger partial charge in [-0.2, -0.15) is 0 Å². The second-order valence-corrected chi connectivity index (χ2v) is 4.27. The van der Waals surface area contributed by atoms with Crippen LogP contribution in [-0.2, 0) is 14.3 Å². The number of amides is 1. The monoisotopic (exact) mass is 245 g/mol. The Hall–Kier alpha value is -1.30. The summed E-state index contributed by atoms with van der Waals surface area (Å²) in [6.45, 7) is 4.09. The van der Waals surface area contributed by atoms with Crippen molar-refractivity contribution in [1.82, 2.24) is 4.90 Å². The molecule has 1 rings (SSSR count). The van der Waals surface area contributed by atoms with E-state index in [9.17, 15) is 9.59 Å². The van der Waals surface area contributed by atoms with Gasteiger partial charge >= 0.3 is 12.1 Å². The van der Waals surface area contributed by atoms with Crippen LogP contribution in [0.3, 0.4) is 0 Å². The summed E-state index contributed by atoms with van der Waals surface area (Å²) in [7, 11) is 1.24. The minimum Gasteiger partial charge on any atom is -0.480 e. The molecule has 98 valence electrons. The van der Waals surface area contributed by atoms with Gasteiger partial charge in [-0.1, -0.05) is 20.3 Å². The molecule has 0 aromatic rings. The molecule has 3 atom stereocenters. The van der Waals surface area contributed by atoms with Crippen LogP contribution in [0.4, 0.5) is 4.79 Å². The quantitative estimate of drug-likeness (QED) is 0.807. The van der Waals surface area contributed by atoms with E-state index in [0.717, 1.165) is 6.42 Å². The number of hydrogen-bond donors (Lipinski definition) is 1. The summed E-state index contributed by atoms with van der Waals surface area (Å²) in [6.07, 6.45) is 0.420. The van der Waals surface area contributed by atoms with E-state index in [0.29, 0.717) is 12.3 Å². The number of hydrogen-bond acceptors (Lipinski definition) is 4. The average Bonchev–Trinajstić information content (AvgIpc) is 2.71. The minimum atomic E-state index is -1.07. The van der Waals surface area contributed by atoms with E-state index in [-0.39, 0.29) is 6.61 Å². The Balaban J connectivity index is 2.77. The largest absolute Gasteiger partial charge is 0.480 e. The number of carboxylic acids is 1. The van der Waals surface area contributed by atoms with Gasteiger partial charge in [0.2, 0.25) is 0 Å². The number of rotatable bonds is 4. The van der Waals surface area contributed by atoms with Gasteiger partial charge in [0.15, 0.2) is 6.04 Å². The van der Waals surface area contributed by atoms with Crippen molar-refractivity contribution in [2.24, 2.45) is 5.92 Å². The van der Waals surface area contributed by atoms with E-state index in [1.54, 1.807) is 0 Å². The molecule has 0 aromatic carbocycles. The maximum absolute atomic E-state index is 11.6. The maximum atomic E-state index is 11.6. The normalized spacial score (nSPS) is 25.7. The van der Waals surface area contributed by atoms with E-state index in [2.05, 4.69) is 4.74 Å². The van der Waals surface area contributed by atoms with Crippen LogP contribution < -0.4 is 0 Å². The van der Waals surface area contributed by atoms with Crippen molar-refractivity contribution in [1.29, 1.82) is 0 Å². The summed E-state index contributed by atoms with van der Waals surface area (Å²) in [5.74, 6) is -0.707. The van der Waals surface area contributed by atoms with Gasteiger partial charge in [-0.15, -0.1) is 0 Å². The summed E-state index contributed by atoms with van der Waals surface area (Å²) in [6, 6.07) is -0.948. The first-order valence-corrected chi connectivity index (χ1v) is 5.71. The van der Waals surface area contributed by atoms with E-state index in [1.165, 1.54) is 12.0 Å². The summed E-state index contributed by atoms with van der Waals surface area (Å²) in [5, 5.41) is 9.01. The van der Waals surface area contributed by atoms with Crippen molar-refractivity contribution >= 4 is 12.1 Å². The van der Waals surface area contributed by atoms with Crippen LogP contribution in [0, 0.1) is 5.92 Å². The van der Waals surface area contributed by atoms with Gasteiger partial charge < -0.3 is 14.6 Å². The van der Waals surface area contributed by atoms with Gasteiger partial charge in [-0.25, -0.2) is 9.59 Å². The molecular formula is C11H19NO5. The summed E-state index contributed by atoms with van der Waals surface area (Å²) >= 11 is 0. The summed E-state index contributed by atoms with van der Waals surface area (Å²) in [4.78, 5) is 23.7. The lowest BCUT2D eigenvalue weighted by atomic mass is 10.0. The fourth-order valence-corrected chi connectivity index (χ4v) is 1.80. The molecule has 6 nitrogen and oxygen atoms in total. The molecule has 0 spiro atoms. The standard InChI is InChI=1S/C11H19NO5/c1-4-7(2)5-9-12(11(15)16-3)8(6-17-9)10(13)14/h7-9H,4-6H2,1-3H3,(H,13,14)/t7?,8-,9+/m0/s1. The highest BCUT2D eigenvalue weighted by Gasteiger charge is 2.43. The lowest BCUT2D eigenvalue weighted by molar-refractivity contribution is -0.141. The molecule has 0 saturated carbocycles. The lowest BCUT2D eigenvalue weighted by Crippen LogP contribution is -2.46. The number of carbonyl (C=O) groups is 2. The van der Waals surface area contributed by atoms with E-state index in [1.807, 2.05) is 13.8 Å². The molecule has 1 amide bonds. The van der Waals surface area contributed by atoms with E-state index in [4.69, 9.17) is 9.84 Å². The van der Waals surface area contributed by atoms with Crippen LogP contribution in [0.25, 0.3) is 0 Å². The van der Waals surface area contributed by atoms with Crippen LogP contribution in [0.1, 0.15) is 26.7 Å². The van der Waals surface area contributed by atoms with Crippen LogP contribution in [0.2, 0.25) is 0 Å². The summed E-state index contributed by atoms with van der Waals surface area (Å²) in [5.41, 5.74) is 0. The molecule has 0 bridgehead atoms. The van der Waals surface area contributed by atoms with Gasteiger partial charge in [-0.05, 0) is 12.3 Å². The first-order chi connectivity index (χ1) is 8.01. The number of ether oxygens (including phenoxy) is 2. The predicted octanol–water partition coefficient (Wildman–Crippen LogP) is 1.30. The van der Waals surface area contributed by atoms with Gasteiger partial charge in [0.05, 0.1) is 13.7 Å². The molecule has 1 aliphatic heterocycles. The first kappa shape index (κ1) is 13.8. The Bertz CT molecular complexity index is 294. The zero-order valence-corrected chi connectivity index (χ0v) is 10.4. The minimum absolute atomic E-state index is 0.0194. The third-order valence-electron chi connectivity index (χ3n) is 3.06. The second kappa shape index (κ2) is 5.86. The molecule has 17 heavy (non-hydrogen) atoms. The highest BCUT2D eigenvalue weighted by Crippen LogP contribution is 2.24. The molecule has 0 radical (unpaired) electrons. The zero-order valence-electron chi connectivity index (χ0n) is 10.4. The number of methoxy groups -OCH3 is 1. The average molecular weight is 245 g/mol. The third-order valence-corrected chi connectivity index (χ3v) is 3.06. The molecule has 0 aliphatic carbocycles. The molecule has 1 heterocycles. The van der Waals surface area contributed by atoms with Gasteiger partial charge in [0.25, 0.3) is 0 Å². The Morgan fingerprint density at radius 1 is 1.59 bits per heavy atom. The Kier molecular flexibility index (Phi) is 4.74. The molecule has 1 aliphatic rings. The highest BCUT2D eigenvalue weighted by molar-refractivity contribution is 5.80. The zero-order chi connectivity index (χ0) is 13.0. The van der Waals surface area contributed by atoms with E-state index >= 15 is 0 Å². The number of aliphatic carboxylic acids is 1. The van der Waals surface area contributed by atoms with Gasteiger partial charge in [0.1, 0.15) is 6.23 Å². The molecule has 1 fully saturated rings. The van der Waals surface area contributed by atoms with Crippen molar-refractivity contribution in [2.75, 3.05) is 13.7 Å². The molecule has 6 heteroatoms. The van der Waals surface area contributed by atoms with Crippen LogP contribution in [0.15, 0.2) is 0 Å². The van der Waals surface area contributed by atoms with E-state index < -0.39 is 24.3 Å². The topological polar surface area (TPSA) is 76.1 Å². The van der Waals surface area contributed by atoms with Crippen LogP contribution >= 0.6 is 0 Å². The van der Waals surface area contributed by atoms with Crippen molar-refractivity contribution in [3.8, 4) is 0 Å². The molecule has 1 unspecified atom stereocenters. The van der Waals surface area contributed by atoms with Gasteiger partial charge in [-0.3, -0.25) is 4.90 Å². The van der Waals surface area contributed by atoms with Crippen molar-refractivity contribution in [3.63, 3.8) is 0 Å². The number of carboxylic acid groups (broad SMARTS) is 1. The fourth-order valence-electron chi connectivity index (χ4n) is 1.80.